The number of fused-ring (bicyclic) bond motifs is 1. The van der Waals surface area contributed by atoms with Crippen LogP contribution in [0.15, 0.2) is 55.6 Å². The highest BCUT2D eigenvalue weighted by atomic mass is 79.9. The minimum Gasteiger partial charge on any atom is -0.461 e. The van der Waals surface area contributed by atoms with Crippen LogP contribution < -0.4 is 0 Å². The first-order valence-electron chi connectivity index (χ1n) is 12.3. The lowest BCUT2D eigenvalue weighted by Crippen LogP contribution is -2.55. The van der Waals surface area contributed by atoms with E-state index in [1.165, 1.54) is 6.08 Å². The molecule has 0 aromatic heterocycles. The number of aliphatic hydroxyl groups excluding tert-OH is 1. The second-order valence-corrected chi connectivity index (χ2v) is 12.3. The van der Waals surface area contributed by atoms with E-state index in [4.69, 9.17) is 4.74 Å². The number of hydrogen-bond acceptors (Lipinski definition) is 6. The summed E-state index contributed by atoms with van der Waals surface area (Å²) in [5.74, 6) is -1.96. The molecule has 0 radical (unpaired) electrons. The molecule has 2 bridgehead atoms. The van der Waals surface area contributed by atoms with E-state index in [9.17, 15) is 19.5 Å². The van der Waals surface area contributed by atoms with Crippen molar-refractivity contribution in [3.8, 4) is 0 Å². The highest BCUT2D eigenvalue weighted by molar-refractivity contribution is 9.09. The molecule has 6 atom stereocenters. The zero-order valence-electron chi connectivity index (χ0n) is 20.3. The molecule has 1 N–H and O–H groups in total. The van der Waals surface area contributed by atoms with Crippen molar-refractivity contribution < 1.29 is 24.2 Å². The molecule has 4 rings (SSSR count). The van der Waals surface area contributed by atoms with Crippen LogP contribution in [0.25, 0.3) is 0 Å². The van der Waals surface area contributed by atoms with Crippen molar-refractivity contribution in [1.82, 2.24) is 9.80 Å². The Labute approximate surface area is 225 Å². The van der Waals surface area contributed by atoms with Gasteiger partial charge >= 0.3 is 5.97 Å². The van der Waals surface area contributed by atoms with Gasteiger partial charge in [0, 0.05) is 36.3 Å². The van der Waals surface area contributed by atoms with Crippen LogP contribution in [0.3, 0.4) is 0 Å². The summed E-state index contributed by atoms with van der Waals surface area (Å²) in [6.45, 7) is 8.67. The minimum atomic E-state index is -0.722. The maximum atomic E-state index is 14.3. The van der Waals surface area contributed by atoms with Crippen molar-refractivity contribution in [1.29, 1.82) is 0 Å². The Kier molecular flexibility index (Phi) is 8.63. The maximum absolute atomic E-state index is 14.3. The number of carbonyl (C=O) groups excluding carboxylic acids is 3. The van der Waals surface area contributed by atoms with Gasteiger partial charge in [0.2, 0.25) is 11.8 Å². The predicted octanol–water partition coefficient (Wildman–Crippen LogP) is 3.17. The van der Waals surface area contributed by atoms with Gasteiger partial charge in [0.25, 0.3) is 0 Å². The van der Waals surface area contributed by atoms with Gasteiger partial charge in [-0.1, -0.05) is 65.0 Å². The molecule has 3 fully saturated rings. The predicted molar refractivity (Wildman–Crippen MR) is 143 cm³/mol. The van der Waals surface area contributed by atoms with Crippen LogP contribution in [0.4, 0.5) is 0 Å². The zero-order valence-corrected chi connectivity index (χ0v) is 22.7. The van der Waals surface area contributed by atoms with E-state index >= 15 is 0 Å². The van der Waals surface area contributed by atoms with Crippen LogP contribution in [0.2, 0.25) is 0 Å². The van der Waals surface area contributed by atoms with Crippen molar-refractivity contribution in [2.24, 2.45) is 11.8 Å². The molecule has 7 nitrogen and oxygen atoms in total. The molecule has 3 heterocycles. The number of carbonyl (C=O) groups is 3. The lowest BCUT2D eigenvalue weighted by atomic mass is 9.71. The first-order chi connectivity index (χ1) is 17.4. The van der Waals surface area contributed by atoms with Gasteiger partial charge in [-0.05, 0) is 24.8 Å². The zero-order chi connectivity index (χ0) is 25.9. The Hall–Kier alpha value is -2.10. The average molecular weight is 578 g/mol. The van der Waals surface area contributed by atoms with Crippen LogP contribution in [0.1, 0.15) is 24.8 Å². The van der Waals surface area contributed by atoms with Gasteiger partial charge in [0.15, 0.2) is 0 Å². The fourth-order valence-electron chi connectivity index (χ4n) is 5.91. The Morgan fingerprint density at radius 3 is 2.67 bits per heavy atom. The third-order valence-corrected chi connectivity index (χ3v) is 10.5. The van der Waals surface area contributed by atoms with Gasteiger partial charge in [-0.25, -0.2) is 0 Å². The molecule has 9 heteroatoms. The molecule has 194 valence electrons. The number of nitrogens with zero attached hydrogens (tertiary/aromatic N) is 2. The van der Waals surface area contributed by atoms with Gasteiger partial charge in [0.05, 0.1) is 16.6 Å². The van der Waals surface area contributed by atoms with Crippen molar-refractivity contribution in [2.75, 3.05) is 26.3 Å². The Morgan fingerprint density at radius 2 is 2.00 bits per heavy atom. The van der Waals surface area contributed by atoms with Crippen LogP contribution in [-0.2, 0) is 25.7 Å². The molecular weight excluding hydrogens is 544 g/mol. The van der Waals surface area contributed by atoms with Crippen LogP contribution in [0, 0.1) is 11.8 Å². The van der Waals surface area contributed by atoms with E-state index in [-0.39, 0.29) is 35.1 Å². The standard InChI is InChI=1S/C27H33BrN2O5S/c1-3-12-29(17-18-10-6-5-7-11-18)25(33)23-27-16-19(28)22(36-27)20(26(34)35-15-4-2)21(27)24(32)30(23)13-8-9-14-31/h3-7,10-11,19-23,31H,1-2,8-9,12-17H2/t19?,20-,21-,22-,23?,27?/m0/s1. The Bertz CT molecular complexity index is 1010. The number of ether oxygens (including phenoxy) is 1. The fourth-order valence-corrected chi connectivity index (χ4v) is 9.51. The second-order valence-electron chi connectivity index (χ2n) is 9.54. The second kappa shape index (κ2) is 11.5. The monoisotopic (exact) mass is 576 g/mol. The summed E-state index contributed by atoms with van der Waals surface area (Å²) in [6, 6.07) is 9.04. The lowest BCUT2D eigenvalue weighted by molar-refractivity contribution is -0.153. The van der Waals surface area contributed by atoms with Crippen LogP contribution in [-0.4, -0.2) is 79.9 Å². The van der Waals surface area contributed by atoms with E-state index in [0.29, 0.717) is 38.9 Å². The summed E-state index contributed by atoms with van der Waals surface area (Å²) in [7, 11) is 0. The largest absolute Gasteiger partial charge is 0.461 e. The summed E-state index contributed by atoms with van der Waals surface area (Å²) in [5, 5.41) is 9.19. The quantitative estimate of drug-likeness (QED) is 0.178. The number of amides is 2. The number of aliphatic hydroxyl groups is 1. The summed E-state index contributed by atoms with van der Waals surface area (Å²) >= 11 is 5.35. The molecule has 36 heavy (non-hydrogen) atoms. The van der Waals surface area contributed by atoms with Gasteiger partial charge in [-0.2, -0.15) is 0 Å². The van der Waals surface area contributed by atoms with Crippen molar-refractivity contribution >= 4 is 45.5 Å². The number of thioether (sulfide) groups is 1. The molecule has 0 saturated carbocycles. The number of esters is 1. The average Bonchev–Trinajstić information content (AvgIpc) is 3.46. The molecule has 3 aliphatic rings. The third kappa shape index (κ3) is 4.77. The number of likely N-dealkylation sites (tertiary alicyclic amines) is 1. The van der Waals surface area contributed by atoms with E-state index in [1.54, 1.807) is 27.6 Å². The van der Waals surface area contributed by atoms with Crippen molar-refractivity contribution in [3.05, 3.63) is 61.2 Å². The number of rotatable bonds is 12. The molecule has 3 unspecified atom stereocenters. The number of alkyl halides is 1. The number of benzene rings is 1. The normalized spacial score (nSPS) is 30.2. The summed E-state index contributed by atoms with van der Waals surface area (Å²) in [5.41, 5.74) is 0.991. The summed E-state index contributed by atoms with van der Waals surface area (Å²) in [6.07, 6.45) is 4.94. The lowest BCUT2D eigenvalue weighted by Gasteiger charge is -2.38. The number of halogens is 1. The van der Waals surface area contributed by atoms with Gasteiger partial charge in [0.1, 0.15) is 12.6 Å². The topological polar surface area (TPSA) is 87.1 Å². The summed E-state index contributed by atoms with van der Waals surface area (Å²) < 4.78 is 4.70. The van der Waals surface area contributed by atoms with E-state index in [0.717, 1.165) is 5.56 Å². The molecule has 3 saturated heterocycles. The Balaban J connectivity index is 1.71. The van der Waals surface area contributed by atoms with E-state index in [2.05, 4.69) is 29.1 Å². The summed E-state index contributed by atoms with van der Waals surface area (Å²) in [4.78, 5) is 44.8. The molecular formula is C27H33BrN2O5S. The first kappa shape index (κ1) is 26.9. The highest BCUT2D eigenvalue weighted by Gasteiger charge is 2.76. The van der Waals surface area contributed by atoms with Gasteiger partial charge in [-0.15, -0.1) is 18.3 Å². The molecule has 1 aromatic carbocycles. The van der Waals surface area contributed by atoms with Crippen LogP contribution in [0.5, 0.6) is 0 Å². The highest BCUT2D eigenvalue weighted by Crippen LogP contribution is 2.68. The Morgan fingerprint density at radius 1 is 1.25 bits per heavy atom. The minimum absolute atomic E-state index is 0.0116. The van der Waals surface area contributed by atoms with Gasteiger partial charge in [-0.3, -0.25) is 14.4 Å². The third-order valence-electron chi connectivity index (χ3n) is 7.32. The van der Waals surface area contributed by atoms with E-state index in [1.807, 2.05) is 30.3 Å². The molecule has 2 amide bonds. The molecule has 1 aromatic rings. The smallest absolute Gasteiger partial charge is 0.311 e. The first-order valence-corrected chi connectivity index (χ1v) is 14.1. The molecule has 3 aliphatic heterocycles. The van der Waals surface area contributed by atoms with E-state index < -0.39 is 28.6 Å². The van der Waals surface area contributed by atoms with Gasteiger partial charge < -0.3 is 19.6 Å². The maximum Gasteiger partial charge on any atom is 0.311 e. The molecule has 1 spiro atoms. The molecule has 0 aliphatic carbocycles. The SMILES string of the molecule is C=CCOC(=O)[C@H]1[C@H]2C(=O)N(CCCCO)C(C(=O)N(CC=C)Cc3ccccc3)C23CC(Br)[C@@H]1S3. The van der Waals surface area contributed by atoms with Crippen molar-refractivity contribution in [3.63, 3.8) is 0 Å². The number of unbranched alkanes of at least 4 members (excludes halogenated alkanes) is 1. The number of hydrogen-bond donors (Lipinski definition) is 1. The van der Waals surface area contributed by atoms with Crippen molar-refractivity contribution in [2.45, 2.75) is 46.7 Å². The fraction of sp³-hybridized carbons (Fsp3) is 0.519. The van der Waals surface area contributed by atoms with Crippen LogP contribution >= 0.6 is 27.7 Å².